The van der Waals surface area contributed by atoms with Crippen LogP contribution in [0.2, 0.25) is 0 Å². The van der Waals surface area contributed by atoms with Gasteiger partial charge in [0.2, 0.25) is 6.41 Å². The summed E-state index contributed by atoms with van der Waals surface area (Å²) in [4.78, 5) is 37.5. The van der Waals surface area contributed by atoms with Crippen LogP contribution in [0.4, 0.5) is 5.82 Å². The number of carbonyl (C=O) groups excluding carboxylic acids is 2. The van der Waals surface area contributed by atoms with Crippen molar-refractivity contribution in [3.63, 3.8) is 0 Å². The molecule has 136 valence electrons. The Morgan fingerprint density at radius 3 is 2.52 bits per heavy atom. The van der Waals surface area contributed by atoms with Gasteiger partial charge in [0, 0.05) is 52.4 Å². The molecule has 25 heavy (non-hydrogen) atoms. The third-order valence-corrected chi connectivity index (χ3v) is 4.48. The highest BCUT2D eigenvalue weighted by atomic mass is 16.5. The number of hydrogen-bond donors (Lipinski definition) is 1. The van der Waals surface area contributed by atoms with Gasteiger partial charge in [-0.05, 0) is 0 Å². The van der Waals surface area contributed by atoms with Crippen LogP contribution >= 0.6 is 0 Å². The minimum absolute atomic E-state index is 0.210. The third-order valence-electron chi connectivity index (χ3n) is 4.48. The van der Waals surface area contributed by atoms with Gasteiger partial charge in [0.15, 0.2) is 0 Å². The Labute approximate surface area is 147 Å². The van der Waals surface area contributed by atoms with E-state index in [1.54, 1.807) is 11.1 Å². The number of morpholine rings is 1. The molecule has 0 radical (unpaired) electrons. The fraction of sp³-hybridized carbons (Fsp3) is 0.625. The molecule has 0 aliphatic carbocycles. The van der Waals surface area contributed by atoms with E-state index in [2.05, 4.69) is 25.1 Å². The highest BCUT2D eigenvalue weighted by molar-refractivity contribution is 5.92. The molecule has 3 heterocycles. The minimum Gasteiger partial charge on any atom is -0.379 e. The summed E-state index contributed by atoms with van der Waals surface area (Å²) in [5.74, 6) is 0.522. The molecule has 0 atom stereocenters. The second-order valence-electron chi connectivity index (χ2n) is 6.10. The lowest BCUT2D eigenvalue weighted by Gasteiger charge is -2.33. The van der Waals surface area contributed by atoms with Crippen molar-refractivity contribution < 1.29 is 14.3 Å². The second kappa shape index (κ2) is 8.72. The van der Waals surface area contributed by atoms with Gasteiger partial charge < -0.3 is 19.9 Å². The van der Waals surface area contributed by atoms with Crippen LogP contribution in [-0.4, -0.2) is 97.7 Å². The molecule has 1 aromatic rings. The molecule has 1 aromatic heterocycles. The van der Waals surface area contributed by atoms with E-state index in [4.69, 9.17) is 4.74 Å². The van der Waals surface area contributed by atoms with Crippen molar-refractivity contribution in [3.05, 3.63) is 18.1 Å². The van der Waals surface area contributed by atoms with Gasteiger partial charge in [-0.15, -0.1) is 0 Å². The van der Waals surface area contributed by atoms with Crippen LogP contribution in [0.1, 0.15) is 10.5 Å². The predicted octanol–water partition coefficient (Wildman–Crippen LogP) is -1.18. The first-order chi connectivity index (χ1) is 12.3. The van der Waals surface area contributed by atoms with Crippen molar-refractivity contribution in [2.45, 2.75) is 0 Å². The lowest BCUT2D eigenvalue weighted by Crippen LogP contribution is -2.46. The first-order valence-corrected chi connectivity index (χ1v) is 8.61. The summed E-state index contributed by atoms with van der Waals surface area (Å²) in [6.07, 6.45) is 3.99. The van der Waals surface area contributed by atoms with E-state index in [1.807, 2.05) is 0 Å². The summed E-state index contributed by atoms with van der Waals surface area (Å²) in [6, 6.07) is 0. The van der Waals surface area contributed by atoms with E-state index in [0.717, 1.165) is 58.2 Å². The zero-order chi connectivity index (χ0) is 17.5. The van der Waals surface area contributed by atoms with Gasteiger partial charge in [0.05, 0.1) is 25.6 Å². The van der Waals surface area contributed by atoms with Crippen molar-refractivity contribution >= 4 is 18.1 Å². The molecule has 9 nitrogen and oxygen atoms in total. The van der Waals surface area contributed by atoms with E-state index in [0.29, 0.717) is 25.3 Å². The smallest absolute Gasteiger partial charge is 0.271 e. The van der Waals surface area contributed by atoms with Crippen molar-refractivity contribution in [2.24, 2.45) is 0 Å². The number of piperazine rings is 1. The summed E-state index contributed by atoms with van der Waals surface area (Å²) < 4.78 is 5.30. The predicted molar refractivity (Wildman–Crippen MR) is 91.5 cm³/mol. The average molecular weight is 348 g/mol. The fourth-order valence-electron chi connectivity index (χ4n) is 2.90. The van der Waals surface area contributed by atoms with Crippen molar-refractivity contribution in [3.8, 4) is 0 Å². The van der Waals surface area contributed by atoms with Gasteiger partial charge in [-0.25, -0.2) is 9.97 Å². The van der Waals surface area contributed by atoms with Crippen LogP contribution in [-0.2, 0) is 9.53 Å². The number of rotatable bonds is 6. The normalized spacial score (nSPS) is 18.9. The van der Waals surface area contributed by atoms with Crippen LogP contribution in [0.5, 0.6) is 0 Å². The van der Waals surface area contributed by atoms with E-state index >= 15 is 0 Å². The number of nitrogens with one attached hydrogen (secondary N) is 1. The molecular weight excluding hydrogens is 324 g/mol. The molecule has 2 aliphatic heterocycles. The Morgan fingerprint density at radius 2 is 1.88 bits per heavy atom. The molecule has 0 saturated carbocycles. The summed E-state index contributed by atoms with van der Waals surface area (Å²) in [6.45, 7) is 7.49. The standard InChI is InChI=1S/C16H24N6O3/c23-13-21-3-5-22(6-4-21)15-12-18-14(11-19-15)16(24)17-1-2-20-7-9-25-10-8-20/h11-13H,1-10H2,(H,17,24). The number of anilines is 1. The maximum Gasteiger partial charge on any atom is 0.271 e. The molecule has 2 aliphatic rings. The number of carbonyl (C=O) groups is 2. The van der Waals surface area contributed by atoms with Crippen molar-refractivity contribution in [1.82, 2.24) is 25.1 Å². The van der Waals surface area contributed by atoms with Crippen molar-refractivity contribution in [1.29, 1.82) is 0 Å². The zero-order valence-corrected chi connectivity index (χ0v) is 14.3. The molecule has 9 heteroatoms. The Balaban J connectivity index is 1.44. The minimum atomic E-state index is -0.210. The highest BCUT2D eigenvalue weighted by Crippen LogP contribution is 2.11. The molecule has 2 fully saturated rings. The molecule has 1 N–H and O–H groups in total. The lowest BCUT2D eigenvalue weighted by atomic mass is 10.3. The van der Waals surface area contributed by atoms with Gasteiger partial charge in [0.25, 0.3) is 5.91 Å². The van der Waals surface area contributed by atoms with Crippen molar-refractivity contribution in [2.75, 3.05) is 70.5 Å². The monoisotopic (exact) mass is 348 g/mol. The molecule has 0 spiro atoms. The third kappa shape index (κ3) is 4.86. The van der Waals surface area contributed by atoms with Crippen LogP contribution in [0, 0.1) is 0 Å². The summed E-state index contributed by atoms with van der Waals surface area (Å²) >= 11 is 0. The zero-order valence-electron chi connectivity index (χ0n) is 14.3. The van der Waals surface area contributed by atoms with Gasteiger partial charge in [0.1, 0.15) is 11.5 Å². The van der Waals surface area contributed by atoms with Crippen LogP contribution in [0.15, 0.2) is 12.4 Å². The van der Waals surface area contributed by atoms with Crippen LogP contribution < -0.4 is 10.2 Å². The SMILES string of the molecule is O=CN1CCN(c2cnc(C(=O)NCCN3CCOCC3)cn2)CC1. The second-order valence-corrected chi connectivity index (χ2v) is 6.10. The quantitative estimate of drug-likeness (QED) is 0.647. The number of aromatic nitrogens is 2. The number of nitrogens with zero attached hydrogens (tertiary/aromatic N) is 5. The highest BCUT2D eigenvalue weighted by Gasteiger charge is 2.18. The Kier molecular flexibility index (Phi) is 6.13. The van der Waals surface area contributed by atoms with E-state index in [1.165, 1.54) is 6.20 Å². The largest absolute Gasteiger partial charge is 0.379 e. The maximum atomic E-state index is 12.1. The summed E-state index contributed by atoms with van der Waals surface area (Å²) in [5.41, 5.74) is 0.317. The van der Waals surface area contributed by atoms with Gasteiger partial charge in [-0.3, -0.25) is 14.5 Å². The Bertz CT molecular complexity index is 568. The summed E-state index contributed by atoms with van der Waals surface area (Å²) in [5, 5.41) is 2.88. The first-order valence-electron chi connectivity index (χ1n) is 8.61. The van der Waals surface area contributed by atoms with Gasteiger partial charge in [-0.1, -0.05) is 0 Å². The molecule has 0 unspecified atom stereocenters. The molecule has 2 saturated heterocycles. The fourth-order valence-corrected chi connectivity index (χ4v) is 2.90. The van der Waals surface area contributed by atoms with Crippen LogP contribution in [0.3, 0.4) is 0 Å². The first kappa shape index (κ1) is 17.6. The van der Waals surface area contributed by atoms with Crippen LogP contribution in [0.25, 0.3) is 0 Å². The van der Waals surface area contributed by atoms with Gasteiger partial charge >= 0.3 is 0 Å². The molecule has 0 bridgehead atoms. The topological polar surface area (TPSA) is 90.9 Å². The summed E-state index contributed by atoms with van der Waals surface area (Å²) in [7, 11) is 0. The Hall–Kier alpha value is -2.26. The van der Waals surface area contributed by atoms with E-state index in [9.17, 15) is 9.59 Å². The molecule has 3 rings (SSSR count). The number of amides is 2. The lowest BCUT2D eigenvalue weighted by molar-refractivity contribution is -0.118. The van der Waals surface area contributed by atoms with E-state index in [-0.39, 0.29) is 5.91 Å². The molecular formula is C16H24N6O3. The Morgan fingerprint density at radius 1 is 1.12 bits per heavy atom. The average Bonchev–Trinajstić information content (AvgIpc) is 2.69. The maximum absolute atomic E-state index is 12.1. The van der Waals surface area contributed by atoms with Gasteiger partial charge in [-0.2, -0.15) is 0 Å². The molecule has 0 aromatic carbocycles. The van der Waals surface area contributed by atoms with E-state index < -0.39 is 0 Å². The molecule has 2 amide bonds. The number of ether oxygens (including phenoxy) is 1. The number of hydrogen-bond acceptors (Lipinski definition) is 7.